The van der Waals surface area contributed by atoms with Gasteiger partial charge in [-0.15, -0.1) is 0 Å². The molecule has 190 valence electrons. The van der Waals surface area contributed by atoms with E-state index in [4.69, 9.17) is 11.6 Å². The van der Waals surface area contributed by atoms with Crippen molar-refractivity contribution in [1.82, 2.24) is 9.80 Å². The molecule has 2 aliphatic heterocycles. The molecule has 1 amide bonds. The molecule has 35 heavy (non-hydrogen) atoms. The summed E-state index contributed by atoms with van der Waals surface area (Å²) in [6, 6.07) is 12.5. The minimum Gasteiger partial charge on any atom is -0.382 e. The number of piperidine rings is 1. The summed E-state index contributed by atoms with van der Waals surface area (Å²) in [5.41, 5.74) is 2.06. The Kier molecular flexibility index (Phi) is 8.12. The van der Waals surface area contributed by atoms with Crippen LogP contribution in [-0.2, 0) is 11.0 Å². The first-order valence-corrected chi connectivity index (χ1v) is 12.5. The zero-order valence-electron chi connectivity index (χ0n) is 20.0. The van der Waals surface area contributed by atoms with Crippen molar-refractivity contribution in [1.29, 1.82) is 0 Å². The van der Waals surface area contributed by atoms with Gasteiger partial charge in [0.25, 0.3) is 0 Å². The maximum atomic E-state index is 13.1. The van der Waals surface area contributed by atoms with E-state index in [-0.39, 0.29) is 17.0 Å². The van der Waals surface area contributed by atoms with Gasteiger partial charge in [-0.05, 0) is 50.1 Å². The van der Waals surface area contributed by atoms with E-state index in [0.717, 1.165) is 38.8 Å². The number of aryl methyl sites for hydroxylation is 1. The Labute approximate surface area is 209 Å². The van der Waals surface area contributed by atoms with Crippen LogP contribution in [0.2, 0.25) is 5.02 Å². The molecule has 5 nitrogen and oxygen atoms in total. The fourth-order valence-corrected chi connectivity index (χ4v) is 4.96. The van der Waals surface area contributed by atoms with Crippen LogP contribution in [0.5, 0.6) is 0 Å². The Morgan fingerprint density at radius 1 is 1.00 bits per heavy atom. The predicted octanol–water partition coefficient (Wildman–Crippen LogP) is 5.28. The summed E-state index contributed by atoms with van der Waals surface area (Å²) in [4.78, 5) is 19.3. The summed E-state index contributed by atoms with van der Waals surface area (Å²) in [5, 5.41) is 2.87. The van der Waals surface area contributed by atoms with Crippen molar-refractivity contribution in [2.45, 2.75) is 38.4 Å². The van der Waals surface area contributed by atoms with Crippen LogP contribution >= 0.6 is 11.6 Å². The molecule has 0 aliphatic carbocycles. The monoisotopic (exact) mass is 508 g/mol. The summed E-state index contributed by atoms with van der Waals surface area (Å²) in [7, 11) is 0. The van der Waals surface area contributed by atoms with E-state index in [2.05, 4.69) is 46.3 Å². The van der Waals surface area contributed by atoms with Crippen LogP contribution in [0, 0.1) is 6.92 Å². The first kappa shape index (κ1) is 25.6. The number of rotatable bonds is 6. The van der Waals surface area contributed by atoms with Crippen LogP contribution in [0.1, 0.15) is 30.4 Å². The van der Waals surface area contributed by atoms with Gasteiger partial charge >= 0.3 is 6.18 Å². The van der Waals surface area contributed by atoms with Gasteiger partial charge in [0.05, 0.1) is 10.6 Å². The molecular formula is C26H32ClF3N4O. The fraction of sp³-hybridized carbons (Fsp3) is 0.500. The third-order valence-electron chi connectivity index (χ3n) is 6.90. The third-order valence-corrected chi connectivity index (χ3v) is 7.23. The van der Waals surface area contributed by atoms with Crippen molar-refractivity contribution < 1.29 is 18.0 Å². The molecule has 1 N–H and O–H groups in total. The van der Waals surface area contributed by atoms with Crippen LogP contribution in [-0.4, -0.2) is 67.6 Å². The van der Waals surface area contributed by atoms with Crippen LogP contribution in [0.4, 0.5) is 24.5 Å². The molecule has 0 aromatic heterocycles. The van der Waals surface area contributed by atoms with Gasteiger partial charge in [-0.3, -0.25) is 9.69 Å². The first-order chi connectivity index (χ1) is 16.7. The van der Waals surface area contributed by atoms with Crippen molar-refractivity contribution in [3.8, 4) is 0 Å². The van der Waals surface area contributed by atoms with E-state index in [0.29, 0.717) is 38.0 Å². The molecule has 2 aromatic rings. The quantitative estimate of drug-likeness (QED) is 0.576. The van der Waals surface area contributed by atoms with Crippen molar-refractivity contribution in [3.63, 3.8) is 0 Å². The molecule has 2 saturated heterocycles. The van der Waals surface area contributed by atoms with Crippen LogP contribution in [0.3, 0.4) is 0 Å². The number of nitrogens with zero attached hydrogens (tertiary/aromatic N) is 3. The summed E-state index contributed by atoms with van der Waals surface area (Å²) in [6.45, 7) is 7.84. The number of amides is 1. The zero-order chi connectivity index (χ0) is 25.0. The molecule has 2 aromatic carbocycles. The van der Waals surface area contributed by atoms with E-state index in [1.807, 2.05) is 4.90 Å². The Bertz CT molecular complexity index is 999. The highest BCUT2D eigenvalue weighted by Crippen LogP contribution is 2.36. The van der Waals surface area contributed by atoms with E-state index in [9.17, 15) is 18.0 Å². The van der Waals surface area contributed by atoms with Crippen LogP contribution in [0.25, 0.3) is 0 Å². The van der Waals surface area contributed by atoms with Gasteiger partial charge in [0.15, 0.2) is 0 Å². The Morgan fingerprint density at radius 3 is 2.29 bits per heavy atom. The smallest absolute Gasteiger partial charge is 0.382 e. The molecule has 0 saturated carbocycles. The SMILES string of the molecule is Cc1ccc(N2CCN(CCC(=O)N3CCC(Nc4ccc(Cl)c(C(F)(F)F)c4)CC3)CC2)cc1. The topological polar surface area (TPSA) is 38.8 Å². The van der Waals surface area contributed by atoms with E-state index < -0.39 is 11.7 Å². The molecule has 0 unspecified atom stereocenters. The third kappa shape index (κ3) is 6.82. The van der Waals surface area contributed by atoms with Gasteiger partial charge in [0.2, 0.25) is 5.91 Å². The van der Waals surface area contributed by atoms with Gasteiger partial charge < -0.3 is 15.1 Å². The molecule has 2 aliphatic rings. The Hall–Kier alpha value is -2.45. The van der Waals surface area contributed by atoms with Crippen molar-refractivity contribution in [2.75, 3.05) is 56.0 Å². The Balaban J connectivity index is 1.18. The number of carbonyl (C=O) groups is 1. The second kappa shape index (κ2) is 11.1. The average Bonchev–Trinajstić information content (AvgIpc) is 2.84. The fourth-order valence-electron chi connectivity index (χ4n) is 4.74. The van der Waals surface area contributed by atoms with E-state index in [1.165, 1.54) is 17.3 Å². The van der Waals surface area contributed by atoms with Crippen LogP contribution < -0.4 is 10.2 Å². The number of benzene rings is 2. The second-order valence-corrected chi connectivity index (χ2v) is 9.81. The van der Waals surface area contributed by atoms with E-state index in [1.54, 1.807) is 6.07 Å². The summed E-state index contributed by atoms with van der Waals surface area (Å²) >= 11 is 5.71. The predicted molar refractivity (Wildman–Crippen MR) is 134 cm³/mol. The van der Waals surface area contributed by atoms with Gasteiger partial charge in [0, 0.05) is 69.7 Å². The van der Waals surface area contributed by atoms with Crippen molar-refractivity contribution >= 4 is 28.9 Å². The minimum atomic E-state index is -4.49. The average molecular weight is 509 g/mol. The molecule has 0 spiro atoms. The molecule has 0 radical (unpaired) electrons. The lowest BCUT2D eigenvalue weighted by Gasteiger charge is -2.37. The summed E-state index contributed by atoms with van der Waals surface area (Å²) < 4.78 is 39.3. The zero-order valence-corrected chi connectivity index (χ0v) is 20.7. The van der Waals surface area contributed by atoms with Gasteiger partial charge in [0.1, 0.15) is 0 Å². The first-order valence-electron chi connectivity index (χ1n) is 12.1. The van der Waals surface area contributed by atoms with Crippen molar-refractivity contribution in [2.24, 2.45) is 0 Å². The molecule has 0 bridgehead atoms. The normalized spacial score (nSPS) is 18.1. The number of likely N-dealkylation sites (tertiary alicyclic amines) is 1. The summed E-state index contributed by atoms with van der Waals surface area (Å²) in [6.07, 6.45) is -2.59. The number of hydrogen-bond donors (Lipinski definition) is 1. The number of halogens is 4. The minimum absolute atomic E-state index is 0.0242. The largest absolute Gasteiger partial charge is 0.417 e. The molecule has 9 heteroatoms. The number of nitrogens with one attached hydrogen (secondary N) is 1. The maximum Gasteiger partial charge on any atom is 0.417 e. The number of alkyl halides is 3. The highest BCUT2D eigenvalue weighted by atomic mass is 35.5. The standard InChI is InChI=1S/C26H32ClF3N4O/c1-19-2-5-22(6-3-19)33-16-14-32(15-17-33)11-10-25(35)34-12-8-20(9-13-34)31-21-4-7-24(27)23(18-21)26(28,29)30/h2-7,18,20,31H,8-17H2,1H3. The van der Waals surface area contributed by atoms with Gasteiger partial charge in [-0.2, -0.15) is 13.2 Å². The van der Waals surface area contributed by atoms with Gasteiger partial charge in [-0.1, -0.05) is 29.3 Å². The molecule has 2 heterocycles. The molecule has 4 rings (SSSR count). The lowest BCUT2D eigenvalue weighted by molar-refractivity contribution is -0.137. The van der Waals surface area contributed by atoms with Gasteiger partial charge in [-0.25, -0.2) is 0 Å². The Morgan fingerprint density at radius 2 is 1.66 bits per heavy atom. The molecule has 0 atom stereocenters. The van der Waals surface area contributed by atoms with Crippen LogP contribution in [0.15, 0.2) is 42.5 Å². The highest BCUT2D eigenvalue weighted by Gasteiger charge is 2.33. The highest BCUT2D eigenvalue weighted by molar-refractivity contribution is 6.31. The summed E-state index contributed by atoms with van der Waals surface area (Å²) in [5.74, 6) is 0.148. The maximum absolute atomic E-state index is 13.1. The lowest BCUT2D eigenvalue weighted by atomic mass is 10.0. The molecule has 2 fully saturated rings. The number of piperazine rings is 1. The molecular weight excluding hydrogens is 477 g/mol. The number of carbonyl (C=O) groups excluding carboxylic acids is 1. The number of hydrogen-bond acceptors (Lipinski definition) is 4. The second-order valence-electron chi connectivity index (χ2n) is 9.41. The van der Waals surface area contributed by atoms with E-state index >= 15 is 0 Å². The lowest BCUT2D eigenvalue weighted by Crippen LogP contribution is -2.48. The number of anilines is 2. The van der Waals surface area contributed by atoms with Crippen molar-refractivity contribution in [3.05, 3.63) is 58.6 Å².